The average Bonchev–Trinajstić information content (AvgIpc) is 4.04. The van der Waals surface area contributed by atoms with Gasteiger partial charge in [-0.2, -0.15) is 0 Å². The van der Waals surface area contributed by atoms with E-state index in [1.807, 2.05) is 36.8 Å². The highest BCUT2D eigenvalue weighted by molar-refractivity contribution is 7.01. The zero-order valence-electron chi connectivity index (χ0n) is 41.1. The van der Waals surface area contributed by atoms with Crippen molar-refractivity contribution in [3.63, 3.8) is 0 Å². The molecule has 3 aromatic heterocycles. The Morgan fingerprint density at radius 2 is 1.01 bits per heavy atom. The molecule has 0 aliphatic carbocycles. The molecule has 5 nitrogen and oxygen atoms in total. The van der Waals surface area contributed by atoms with Crippen LogP contribution in [0.5, 0.6) is 0 Å². The first-order valence-corrected chi connectivity index (χ1v) is 24.1. The first-order valence-electron chi connectivity index (χ1n) is 24.1. The summed E-state index contributed by atoms with van der Waals surface area (Å²) in [7, 11) is 0. The van der Waals surface area contributed by atoms with Gasteiger partial charge in [0.2, 0.25) is 5.88 Å². The molecule has 0 N–H and O–H groups in total. The molecule has 2 aliphatic heterocycles. The van der Waals surface area contributed by atoms with Crippen molar-refractivity contribution >= 4 is 90.3 Å². The largest absolute Gasteiger partial charge is 0.464 e. The van der Waals surface area contributed by atoms with Crippen molar-refractivity contribution < 1.29 is 13.3 Å². The lowest BCUT2D eigenvalue weighted by molar-refractivity contribution is 0.587. The highest BCUT2D eigenvalue weighted by Gasteiger charge is 2.47. The molecule has 0 saturated heterocycles. The van der Waals surface area contributed by atoms with Crippen LogP contribution < -0.4 is 26.2 Å². The average molecular weight is 889 g/mol. The monoisotopic (exact) mass is 888 g/mol. The van der Waals surface area contributed by atoms with Crippen LogP contribution in [0.3, 0.4) is 0 Å². The number of hydrogen-bond donors (Lipinski definition) is 0. The Morgan fingerprint density at radius 1 is 0.441 bits per heavy atom. The van der Waals surface area contributed by atoms with E-state index < -0.39 is 0 Å². The summed E-state index contributed by atoms with van der Waals surface area (Å²) >= 11 is 0. The van der Waals surface area contributed by atoms with Crippen molar-refractivity contribution in [3.8, 4) is 22.3 Å². The van der Waals surface area contributed by atoms with Crippen LogP contribution in [-0.2, 0) is 16.2 Å². The highest BCUT2D eigenvalue weighted by Crippen LogP contribution is 2.50. The smallest absolute Gasteiger partial charge is 0.257 e. The van der Waals surface area contributed by atoms with Gasteiger partial charge in [-0.15, -0.1) is 0 Å². The Kier molecular flexibility index (Phi) is 9.10. The molecule has 0 atom stereocenters. The van der Waals surface area contributed by atoms with Crippen LogP contribution in [0.4, 0.5) is 34.3 Å². The van der Waals surface area contributed by atoms with E-state index in [1.54, 1.807) is 0 Å². The standard InChI is InChI=1S/C62H57BN2O3/c1-36-27-41(61(6,7)8)28-37(2)58(36)65-52-33-42(62(9,10)11)32-51-57(52)63(56-46-31-40(60(3,4)5)24-26-55(46)68-59(56)65)49-25-23-39(48-35-67-54-22-15-13-20-45(48)54)30-50(49)64(51)43-18-16-17-38(29-43)47-34-66-53-21-14-12-19-44(47)53/h12-35H,1-11H3. The Bertz CT molecular complexity index is 3670. The van der Waals surface area contributed by atoms with E-state index in [4.69, 9.17) is 13.3 Å². The van der Waals surface area contributed by atoms with Crippen LogP contribution in [0, 0.1) is 13.8 Å². The fourth-order valence-corrected chi connectivity index (χ4v) is 11.0. The summed E-state index contributed by atoms with van der Waals surface area (Å²) in [5, 5.41) is 3.34. The highest BCUT2D eigenvalue weighted by atomic mass is 16.4. The minimum atomic E-state index is -0.191. The first-order chi connectivity index (χ1) is 32.4. The van der Waals surface area contributed by atoms with E-state index in [0.29, 0.717) is 0 Å². The molecule has 0 amide bonds. The molecule has 336 valence electrons. The number of para-hydroxylation sites is 2. The van der Waals surface area contributed by atoms with Crippen molar-refractivity contribution in [2.24, 2.45) is 0 Å². The lowest BCUT2D eigenvalue weighted by atomic mass is 9.33. The Labute approximate surface area is 400 Å². The fourth-order valence-electron chi connectivity index (χ4n) is 11.0. The molecule has 7 aromatic carbocycles. The lowest BCUT2D eigenvalue weighted by Crippen LogP contribution is -2.61. The van der Waals surface area contributed by atoms with Crippen LogP contribution in [0.1, 0.15) is 90.1 Å². The number of benzene rings is 7. The van der Waals surface area contributed by atoms with Crippen LogP contribution in [0.25, 0.3) is 55.2 Å². The second-order valence-electron chi connectivity index (χ2n) is 22.4. The van der Waals surface area contributed by atoms with E-state index in [0.717, 1.165) is 89.5 Å². The molecule has 0 radical (unpaired) electrons. The van der Waals surface area contributed by atoms with Gasteiger partial charge in [0.25, 0.3) is 6.71 Å². The van der Waals surface area contributed by atoms with Crippen LogP contribution >= 0.6 is 0 Å². The number of rotatable bonds is 4. The van der Waals surface area contributed by atoms with Crippen LogP contribution in [0.15, 0.2) is 159 Å². The van der Waals surface area contributed by atoms with Crippen molar-refractivity contribution in [1.29, 1.82) is 0 Å². The number of fused-ring (bicyclic) bond motifs is 8. The molecule has 0 saturated carbocycles. The lowest BCUT2D eigenvalue weighted by Gasteiger charge is -2.44. The fraction of sp³-hybridized carbons (Fsp3) is 0.226. The third-order valence-corrected chi connectivity index (χ3v) is 14.7. The van der Waals surface area contributed by atoms with E-state index >= 15 is 0 Å². The van der Waals surface area contributed by atoms with Crippen LogP contribution in [0.2, 0.25) is 0 Å². The quantitative estimate of drug-likeness (QED) is 0.165. The summed E-state index contributed by atoms with van der Waals surface area (Å²) in [5.74, 6) is 0.883. The SMILES string of the molecule is Cc1cc(C(C)(C)C)cc(C)c1N1c2cc(C(C)(C)C)cc3c2B(c2ccc(-c4coc5ccccc45)cc2N3c2cccc(-c3coc4ccccc34)c2)c2c1oc1ccc(C(C)(C)C)cc21. The maximum atomic E-state index is 7.35. The van der Waals surface area contributed by atoms with E-state index in [-0.39, 0.29) is 23.0 Å². The maximum absolute atomic E-state index is 7.35. The summed E-state index contributed by atoms with van der Waals surface area (Å²) < 4.78 is 19.7. The Balaban J connectivity index is 1.21. The molecule has 0 unspecified atom stereocenters. The number of furan rings is 3. The van der Waals surface area contributed by atoms with Gasteiger partial charge in [0.15, 0.2) is 0 Å². The molecule has 5 heterocycles. The van der Waals surface area contributed by atoms with Crippen molar-refractivity contribution in [2.75, 3.05) is 9.80 Å². The summed E-state index contributed by atoms with van der Waals surface area (Å²) in [6, 6.07) is 49.3. The van der Waals surface area contributed by atoms with Crippen molar-refractivity contribution in [2.45, 2.75) is 92.4 Å². The number of anilines is 6. The van der Waals surface area contributed by atoms with Gasteiger partial charge in [-0.3, -0.25) is 4.90 Å². The number of nitrogens with zero attached hydrogens (tertiary/aromatic N) is 2. The molecular formula is C62H57BN2O3. The number of aryl methyl sites for hydroxylation is 2. The molecular weight excluding hydrogens is 832 g/mol. The third kappa shape index (κ3) is 6.44. The van der Waals surface area contributed by atoms with E-state index in [9.17, 15) is 0 Å². The Morgan fingerprint density at radius 3 is 1.63 bits per heavy atom. The van der Waals surface area contributed by atoms with Gasteiger partial charge in [-0.05, 0) is 135 Å². The topological polar surface area (TPSA) is 45.9 Å². The van der Waals surface area contributed by atoms with Gasteiger partial charge in [0.05, 0.1) is 18.2 Å². The van der Waals surface area contributed by atoms with E-state index in [2.05, 4.69) is 195 Å². The van der Waals surface area contributed by atoms with Gasteiger partial charge in [-0.25, -0.2) is 0 Å². The van der Waals surface area contributed by atoms with Crippen molar-refractivity contribution in [1.82, 2.24) is 0 Å². The van der Waals surface area contributed by atoms with Gasteiger partial charge in [0.1, 0.15) is 16.7 Å². The van der Waals surface area contributed by atoms with Gasteiger partial charge in [0, 0.05) is 55.5 Å². The van der Waals surface area contributed by atoms with Crippen LogP contribution in [-0.4, -0.2) is 6.71 Å². The Hall–Kier alpha value is -7.18. The minimum Gasteiger partial charge on any atom is -0.464 e. The maximum Gasteiger partial charge on any atom is 0.257 e. The predicted octanol–water partition coefficient (Wildman–Crippen LogP) is 15.9. The molecule has 0 spiro atoms. The summed E-state index contributed by atoms with van der Waals surface area (Å²) in [5.41, 5.74) is 22.3. The number of hydrogen-bond acceptors (Lipinski definition) is 5. The first kappa shape index (κ1) is 42.2. The molecule has 10 aromatic rings. The molecule has 0 fully saturated rings. The summed E-state index contributed by atoms with van der Waals surface area (Å²) in [6.07, 6.45) is 3.82. The predicted molar refractivity (Wildman–Crippen MR) is 286 cm³/mol. The second-order valence-corrected chi connectivity index (χ2v) is 22.4. The molecule has 68 heavy (non-hydrogen) atoms. The third-order valence-electron chi connectivity index (χ3n) is 14.7. The minimum absolute atomic E-state index is 0.0106. The molecule has 6 heteroatoms. The van der Waals surface area contributed by atoms with E-state index in [1.165, 1.54) is 44.2 Å². The van der Waals surface area contributed by atoms with Crippen molar-refractivity contribution in [3.05, 3.63) is 174 Å². The summed E-state index contributed by atoms with van der Waals surface area (Å²) in [6.45, 7) is 25.2. The molecule has 2 aliphatic rings. The second kappa shape index (κ2) is 14.7. The summed E-state index contributed by atoms with van der Waals surface area (Å²) in [4.78, 5) is 5.02. The zero-order valence-corrected chi connectivity index (χ0v) is 41.1. The van der Waals surface area contributed by atoms with Gasteiger partial charge >= 0.3 is 0 Å². The van der Waals surface area contributed by atoms with Gasteiger partial charge in [-0.1, -0.05) is 141 Å². The molecule has 0 bridgehead atoms. The normalized spacial score (nSPS) is 13.7. The zero-order chi connectivity index (χ0) is 47.2. The van der Waals surface area contributed by atoms with Gasteiger partial charge < -0.3 is 18.2 Å². The molecule has 12 rings (SSSR count).